The highest BCUT2D eigenvalue weighted by molar-refractivity contribution is 5.71. The molecule has 0 aromatic carbocycles. The lowest BCUT2D eigenvalue weighted by atomic mass is 10.0. The Morgan fingerprint density at radius 1 is 0.284 bits per heavy atom. The van der Waals surface area contributed by atoms with Crippen LogP contribution in [0.2, 0.25) is 0 Å². The summed E-state index contributed by atoms with van der Waals surface area (Å²) in [6.07, 6.45) is 83.7. The second-order valence-electron chi connectivity index (χ2n) is 20.2. The molecule has 0 spiro atoms. The number of rotatable bonds is 55. The molecule has 0 aliphatic carbocycles. The summed E-state index contributed by atoms with van der Waals surface area (Å²) in [4.78, 5) is 38.3. The van der Waals surface area contributed by atoms with Gasteiger partial charge in [-0.15, -0.1) is 0 Å². The highest BCUT2D eigenvalue weighted by Crippen LogP contribution is 2.16. The molecule has 0 heterocycles. The predicted molar refractivity (Wildman–Crippen MR) is 320 cm³/mol. The maximum absolute atomic E-state index is 12.9. The van der Waals surface area contributed by atoms with Crippen molar-refractivity contribution in [3.05, 3.63) is 109 Å². The van der Waals surface area contributed by atoms with Gasteiger partial charge in [-0.25, -0.2) is 0 Å². The number of allylic oxidation sites excluding steroid dienone is 18. The average Bonchev–Trinajstić information content (AvgIpc) is 3.40. The van der Waals surface area contributed by atoms with E-state index in [1.165, 1.54) is 135 Å². The lowest BCUT2D eigenvalue weighted by Gasteiger charge is -2.18. The minimum atomic E-state index is -0.807. The van der Waals surface area contributed by atoms with Gasteiger partial charge >= 0.3 is 17.9 Å². The molecule has 0 amide bonds. The standard InChI is InChI=1S/C68H114O6/c1-4-7-10-13-16-19-22-25-28-31-32-33-34-35-36-38-40-43-46-49-52-55-58-61-67(70)73-64-65(63-72-66(69)60-57-54-51-48-45-42-39-30-27-24-21-18-15-12-9-6-3)74-68(71)62-59-56-53-50-47-44-41-37-29-26-23-20-17-14-11-8-5-2/h7,10,16-17,19-20,25-26,28-29,32-33,35-36,40,43,49,52,65H,4-6,8-9,11-15,18,21-24,27,30-31,34,37-39,41-42,44-48,50-51,53-64H2,1-3H3/b10-7-,19-16-,20-17-,28-25-,29-26-,33-32-,36-35-,43-40-,52-49-. The molecule has 6 nitrogen and oxygen atoms in total. The van der Waals surface area contributed by atoms with Gasteiger partial charge in [-0.1, -0.05) is 271 Å². The Kier molecular flexibility index (Phi) is 58.3. The predicted octanol–water partition coefficient (Wildman–Crippen LogP) is 21.0. The SMILES string of the molecule is CC/C=C\C/C=C\C/C=C\C/C=C\C/C=C\C/C=C\C/C=C\CCCC(=O)OCC(COC(=O)CCCCCCCCCCCCCCCCCC)OC(=O)CCCCCCCCC/C=C\C/C=C\CCCCC. The summed E-state index contributed by atoms with van der Waals surface area (Å²) in [6.45, 7) is 6.47. The van der Waals surface area contributed by atoms with Gasteiger partial charge in [0.15, 0.2) is 6.10 Å². The number of carbonyl (C=O) groups excluding carboxylic acids is 3. The van der Waals surface area contributed by atoms with Crippen LogP contribution in [0.15, 0.2) is 109 Å². The van der Waals surface area contributed by atoms with Crippen molar-refractivity contribution in [2.24, 2.45) is 0 Å². The molecule has 0 aromatic heterocycles. The lowest BCUT2D eigenvalue weighted by Crippen LogP contribution is -2.30. The van der Waals surface area contributed by atoms with Gasteiger partial charge in [-0.2, -0.15) is 0 Å². The number of carbonyl (C=O) groups is 3. The molecule has 0 aromatic rings. The van der Waals surface area contributed by atoms with Crippen LogP contribution in [0, 0.1) is 0 Å². The van der Waals surface area contributed by atoms with Crippen molar-refractivity contribution in [2.45, 2.75) is 290 Å². The largest absolute Gasteiger partial charge is 0.462 e. The molecule has 6 heteroatoms. The molecular formula is C68H114O6. The first kappa shape index (κ1) is 70.1. The van der Waals surface area contributed by atoms with Crippen LogP contribution in [0.1, 0.15) is 284 Å². The van der Waals surface area contributed by atoms with E-state index in [0.29, 0.717) is 19.3 Å². The Morgan fingerprint density at radius 2 is 0.541 bits per heavy atom. The van der Waals surface area contributed by atoms with Crippen LogP contribution in [-0.2, 0) is 28.6 Å². The van der Waals surface area contributed by atoms with E-state index in [4.69, 9.17) is 14.2 Å². The first-order valence-electron chi connectivity index (χ1n) is 30.9. The van der Waals surface area contributed by atoms with E-state index in [1.54, 1.807) is 0 Å². The number of ether oxygens (including phenoxy) is 3. The van der Waals surface area contributed by atoms with E-state index in [-0.39, 0.29) is 37.5 Å². The zero-order valence-electron chi connectivity index (χ0n) is 48.3. The highest BCUT2D eigenvalue weighted by Gasteiger charge is 2.19. The van der Waals surface area contributed by atoms with E-state index in [0.717, 1.165) is 103 Å². The van der Waals surface area contributed by atoms with Gasteiger partial charge in [-0.3, -0.25) is 14.4 Å². The van der Waals surface area contributed by atoms with Gasteiger partial charge in [-0.05, 0) is 103 Å². The third-order valence-electron chi connectivity index (χ3n) is 13.0. The molecule has 0 fully saturated rings. The Hall–Kier alpha value is -3.93. The van der Waals surface area contributed by atoms with Crippen LogP contribution < -0.4 is 0 Å². The summed E-state index contributed by atoms with van der Waals surface area (Å²) in [5.74, 6) is -0.961. The highest BCUT2D eigenvalue weighted by atomic mass is 16.6. The van der Waals surface area contributed by atoms with Crippen LogP contribution in [0.25, 0.3) is 0 Å². The summed E-state index contributed by atoms with van der Waals surface area (Å²) >= 11 is 0. The first-order chi connectivity index (χ1) is 36.5. The summed E-state index contributed by atoms with van der Waals surface area (Å²) in [5, 5.41) is 0. The molecule has 422 valence electrons. The first-order valence-corrected chi connectivity index (χ1v) is 30.9. The van der Waals surface area contributed by atoms with Crippen molar-refractivity contribution in [3.63, 3.8) is 0 Å². The quantitative estimate of drug-likeness (QED) is 0.0261. The second kappa shape index (κ2) is 61.6. The Morgan fingerprint density at radius 3 is 0.905 bits per heavy atom. The molecule has 1 atom stereocenters. The maximum Gasteiger partial charge on any atom is 0.306 e. The molecule has 1 unspecified atom stereocenters. The van der Waals surface area contributed by atoms with Gasteiger partial charge in [0, 0.05) is 19.3 Å². The summed E-state index contributed by atoms with van der Waals surface area (Å²) < 4.78 is 16.9. The number of hydrogen-bond donors (Lipinski definition) is 0. The van der Waals surface area contributed by atoms with Crippen molar-refractivity contribution in [2.75, 3.05) is 13.2 Å². The van der Waals surface area contributed by atoms with Gasteiger partial charge in [0.2, 0.25) is 0 Å². The molecule has 0 N–H and O–H groups in total. The fourth-order valence-corrected chi connectivity index (χ4v) is 8.40. The van der Waals surface area contributed by atoms with Gasteiger partial charge < -0.3 is 14.2 Å². The topological polar surface area (TPSA) is 78.9 Å². The molecule has 74 heavy (non-hydrogen) atoms. The third-order valence-corrected chi connectivity index (χ3v) is 13.0. The molecular weight excluding hydrogens is 913 g/mol. The number of esters is 3. The van der Waals surface area contributed by atoms with Crippen LogP contribution in [0.5, 0.6) is 0 Å². The summed E-state index contributed by atoms with van der Waals surface area (Å²) in [7, 11) is 0. The maximum atomic E-state index is 12.9. The Bertz CT molecular complexity index is 1510. The molecule has 0 saturated carbocycles. The summed E-state index contributed by atoms with van der Waals surface area (Å²) in [6, 6.07) is 0. The Labute approximate surface area is 457 Å². The van der Waals surface area contributed by atoms with E-state index < -0.39 is 6.10 Å². The lowest BCUT2D eigenvalue weighted by molar-refractivity contribution is -0.167. The van der Waals surface area contributed by atoms with Crippen LogP contribution >= 0.6 is 0 Å². The van der Waals surface area contributed by atoms with E-state index in [9.17, 15) is 14.4 Å². The van der Waals surface area contributed by atoms with Gasteiger partial charge in [0.05, 0.1) is 0 Å². The normalized spacial score (nSPS) is 12.9. The Balaban J connectivity index is 4.49. The number of hydrogen-bond acceptors (Lipinski definition) is 6. The molecule has 0 bridgehead atoms. The van der Waals surface area contributed by atoms with Crippen LogP contribution in [0.4, 0.5) is 0 Å². The summed E-state index contributed by atoms with van der Waals surface area (Å²) in [5.41, 5.74) is 0. The van der Waals surface area contributed by atoms with Gasteiger partial charge in [0.25, 0.3) is 0 Å². The second-order valence-corrected chi connectivity index (χ2v) is 20.2. The minimum absolute atomic E-state index is 0.0982. The zero-order chi connectivity index (χ0) is 53.6. The van der Waals surface area contributed by atoms with Crippen molar-refractivity contribution < 1.29 is 28.6 Å². The van der Waals surface area contributed by atoms with E-state index in [1.807, 2.05) is 0 Å². The molecule has 0 aliphatic heterocycles. The zero-order valence-corrected chi connectivity index (χ0v) is 48.3. The molecule has 0 radical (unpaired) electrons. The van der Waals surface area contributed by atoms with Crippen molar-refractivity contribution in [1.82, 2.24) is 0 Å². The minimum Gasteiger partial charge on any atom is -0.462 e. The monoisotopic (exact) mass is 1030 g/mol. The van der Waals surface area contributed by atoms with Crippen LogP contribution in [0.3, 0.4) is 0 Å². The molecule has 0 saturated heterocycles. The molecule has 0 rings (SSSR count). The smallest absolute Gasteiger partial charge is 0.306 e. The van der Waals surface area contributed by atoms with Crippen molar-refractivity contribution >= 4 is 17.9 Å². The third kappa shape index (κ3) is 59.0. The van der Waals surface area contributed by atoms with E-state index >= 15 is 0 Å². The average molecular weight is 1030 g/mol. The number of unbranched alkanes of at least 4 members (excludes halogenated alkanes) is 26. The fourth-order valence-electron chi connectivity index (χ4n) is 8.40. The van der Waals surface area contributed by atoms with Crippen molar-refractivity contribution in [1.29, 1.82) is 0 Å². The van der Waals surface area contributed by atoms with Crippen LogP contribution in [-0.4, -0.2) is 37.2 Å². The fraction of sp³-hybridized carbons (Fsp3) is 0.691. The van der Waals surface area contributed by atoms with Crippen molar-refractivity contribution in [3.8, 4) is 0 Å². The van der Waals surface area contributed by atoms with Gasteiger partial charge in [0.1, 0.15) is 13.2 Å². The molecule has 0 aliphatic rings. The van der Waals surface area contributed by atoms with E-state index in [2.05, 4.69) is 130 Å².